The van der Waals surface area contributed by atoms with Crippen LogP contribution < -0.4 is 10.5 Å². The van der Waals surface area contributed by atoms with Gasteiger partial charge in [0, 0.05) is 18.9 Å². The van der Waals surface area contributed by atoms with Gasteiger partial charge in [-0.05, 0) is 50.9 Å². The number of hydrogen-bond acceptors (Lipinski definition) is 5. The molecule has 3 unspecified atom stereocenters. The number of carbonyl (C=O) groups is 3. The number of carbonyl (C=O) groups excluding carboxylic acids is 3. The van der Waals surface area contributed by atoms with E-state index in [0.717, 1.165) is 38.5 Å². The normalized spacial score (nSPS) is 21.2. The Morgan fingerprint density at radius 1 is 1.10 bits per heavy atom. The van der Waals surface area contributed by atoms with Crippen molar-refractivity contribution < 1.29 is 22.8 Å². The van der Waals surface area contributed by atoms with Crippen LogP contribution in [-0.4, -0.2) is 48.9 Å². The zero-order valence-electron chi connectivity index (χ0n) is 18.7. The van der Waals surface area contributed by atoms with Crippen molar-refractivity contribution in [3.8, 4) is 0 Å². The molecular formula is C22H37N3O5S. The molecule has 1 saturated heterocycles. The highest BCUT2D eigenvalue weighted by atomic mass is 32.2. The molecule has 0 aromatic heterocycles. The molecule has 31 heavy (non-hydrogen) atoms. The second-order valence-corrected chi connectivity index (χ2v) is 10.8. The molecule has 0 spiro atoms. The summed E-state index contributed by atoms with van der Waals surface area (Å²) in [5, 5.41) is -0.398. The molecule has 2 rings (SSSR count). The van der Waals surface area contributed by atoms with Gasteiger partial charge < -0.3 is 10.6 Å². The van der Waals surface area contributed by atoms with E-state index in [1.165, 1.54) is 0 Å². The Morgan fingerprint density at radius 3 is 2.42 bits per heavy atom. The van der Waals surface area contributed by atoms with Crippen molar-refractivity contribution in [2.45, 2.75) is 89.3 Å². The quantitative estimate of drug-likeness (QED) is 0.325. The van der Waals surface area contributed by atoms with Crippen LogP contribution in [0.1, 0.15) is 78.1 Å². The summed E-state index contributed by atoms with van der Waals surface area (Å²) in [5.41, 5.74) is 5.36. The maximum atomic E-state index is 12.3. The lowest BCUT2D eigenvalue weighted by Crippen LogP contribution is -2.43. The predicted octanol–water partition coefficient (Wildman–Crippen LogP) is 2.24. The van der Waals surface area contributed by atoms with Crippen LogP contribution in [0.25, 0.3) is 0 Å². The summed E-state index contributed by atoms with van der Waals surface area (Å²) in [6, 6.07) is -0.432. The van der Waals surface area contributed by atoms with Crippen molar-refractivity contribution in [1.82, 2.24) is 9.62 Å². The first-order valence-corrected chi connectivity index (χ1v) is 13.0. The van der Waals surface area contributed by atoms with Gasteiger partial charge in [0.05, 0.1) is 5.25 Å². The van der Waals surface area contributed by atoms with Gasteiger partial charge in [0.25, 0.3) is 0 Å². The molecule has 3 atom stereocenters. The summed E-state index contributed by atoms with van der Waals surface area (Å²) in [7, 11) is -3.50. The SMILES string of the molecule is CC(/C=C\CCCCCCC(=O)N1CCCC1C(N)=O)C(C)C(=O)NS(=O)(=O)C1CC1. The first kappa shape index (κ1) is 25.4. The number of rotatable bonds is 13. The minimum atomic E-state index is -3.50. The van der Waals surface area contributed by atoms with Gasteiger partial charge in [0.15, 0.2) is 0 Å². The van der Waals surface area contributed by atoms with Gasteiger partial charge in [-0.2, -0.15) is 0 Å². The second-order valence-electron chi connectivity index (χ2n) is 8.89. The maximum absolute atomic E-state index is 12.3. The molecule has 8 nitrogen and oxygen atoms in total. The van der Waals surface area contributed by atoms with Gasteiger partial charge in [-0.1, -0.05) is 38.8 Å². The Balaban J connectivity index is 1.56. The van der Waals surface area contributed by atoms with Crippen molar-refractivity contribution in [1.29, 1.82) is 0 Å². The summed E-state index contributed by atoms with van der Waals surface area (Å²) >= 11 is 0. The molecule has 3 N–H and O–H groups in total. The fourth-order valence-electron chi connectivity index (χ4n) is 3.81. The molecule has 2 fully saturated rings. The highest BCUT2D eigenvalue weighted by molar-refractivity contribution is 7.90. The molecule has 0 aromatic rings. The van der Waals surface area contributed by atoms with E-state index in [1.807, 2.05) is 19.1 Å². The number of amides is 3. The van der Waals surface area contributed by atoms with Crippen molar-refractivity contribution in [2.24, 2.45) is 17.6 Å². The summed E-state index contributed by atoms with van der Waals surface area (Å²) in [6.45, 7) is 4.28. The number of nitrogens with two attached hydrogens (primary N) is 1. The second kappa shape index (κ2) is 11.6. The lowest BCUT2D eigenvalue weighted by molar-refractivity contribution is -0.137. The lowest BCUT2D eigenvalue weighted by Gasteiger charge is -2.22. The molecular weight excluding hydrogens is 418 g/mol. The van der Waals surface area contributed by atoms with Crippen molar-refractivity contribution >= 4 is 27.7 Å². The molecule has 0 bridgehead atoms. The van der Waals surface area contributed by atoms with E-state index < -0.39 is 39.0 Å². The number of nitrogens with one attached hydrogen (secondary N) is 1. The summed E-state index contributed by atoms with van der Waals surface area (Å²) in [5.74, 6) is -1.30. The minimum Gasteiger partial charge on any atom is -0.368 e. The van der Waals surface area contributed by atoms with E-state index in [1.54, 1.807) is 11.8 Å². The van der Waals surface area contributed by atoms with Gasteiger partial charge in [-0.3, -0.25) is 19.1 Å². The Hall–Kier alpha value is -1.90. The van der Waals surface area contributed by atoms with Gasteiger partial charge in [0.2, 0.25) is 27.7 Å². The Labute approximate surface area is 186 Å². The summed E-state index contributed by atoms with van der Waals surface area (Å²) in [4.78, 5) is 37.4. The number of likely N-dealkylation sites (tertiary alicyclic amines) is 1. The zero-order chi connectivity index (χ0) is 23.0. The van der Waals surface area contributed by atoms with E-state index in [9.17, 15) is 22.8 Å². The van der Waals surface area contributed by atoms with Crippen LogP contribution in [0, 0.1) is 11.8 Å². The monoisotopic (exact) mass is 455 g/mol. The third-order valence-electron chi connectivity index (χ3n) is 6.26. The van der Waals surface area contributed by atoms with Crippen molar-refractivity contribution in [3.05, 3.63) is 12.2 Å². The molecule has 176 valence electrons. The van der Waals surface area contributed by atoms with Crippen LogP contribution in [-0.2, 0) is 24.4 Å². The predicted molar refractivity (Wildman–Crippen MR) is 119 cm³/mol. The Morgan fingerprint density at radius 2 is 1.77 bits per heavy atom. The highest BCUT2D eigenvalue weighted by Crippen LogP contribution is 2.28. The standard InChI is InChI=1S/C22H37N3O5S/c1-16(17(2)22(28)24-31(29,30)18-13-14-18)10-7-5-3-4-6-8-12-20(26)25-15-9-11-19(25)21(23)27/h7,10,16-19H,3-6,8-9,11-15H2,1-2H3,(H2,23,27)(H,24,28)/b10-7-. The van der Waals surface area contributed by atoms with E-state index in [2.05, 4.69) is 4.72 Å². The first-order valence-electron chi connectivity index (χ1n) is 11.4. The molecule has 2 aliphatic rings. The smallest absolute Gasteiger partial charge is 0.240 e. The fraction of sp³-hybridized carbons (Fsp3) is 0.773. The third kappa shape index (κ3) is 7.94. The number of primary amides is 1. The number of hydrogen-bond donors (Lipinski definition) is 2. The Bertz CT molecular complexity index is 776. The van der Waals surface area contributed by atoms with Gasteiger partial charge in [-0.25, -0.2) is 8.42 Å². The van der Waals surface area contributed by atoms with Crippen LogP contribution in [0.15, 0.2) is 12.2 Å². The van der Waals surface area contributed by atoms with Crippen LogP contribution >= 0.6 is 0 Å². The van der Waals surface area contributed by atoms with E-state index >= 15 is 0 Å². The molecule has 9 heteroatoms. The number of nitrogens with zero attached hydrogens (tertiary/aromatic N) is 1. The number of unbranched alkanes of at least 4 members (excludes halogenated alkanes) is 4. The van der Waals surface area contributed by atoms with E-state index in [0.29, 0.717) is 32.2 Å². The van der Waals surface area contributed by atoms with Gasteiger partial charge in [-0.15, -0.1) is 0 Å². The molecule has 0 radical (unpaired) electrons. The molecule has 0 aromatic carbocycles. The Kier molecular flexibility index (Phi) is 9.53. The molecule has 3 amide bonds. The maximum Gasteiger partial charge on any atom is 0.240 e. The molecule has 1 aliphatic carbocycles. The topological polar surface area (TPSA) is 127 Å². The summed E-state index contributed by atoms with van der Waals surface area (Å²) < 4.78 is 26.0. The average molecular weight is 456 g/mol. The molecule has 1 heterocycles. The van der Waals surface area contributed by atoms with Crippen LogP contribution in [0.4, 0.5) is 0 Å². The van der Waals surface area contributed by atoms with Crippen LogP contribution in [0.3, 0.4) is 0 Å². The summed E-state index contributed by atoms with van der Waals surface area (Å²) in [6.07, 6.45) is 11.8. The zero-order valence-corrected chi connectivity index (χ0v) is 19.5. The van der Waals surface area contributed by atoms with Crippen molar-refractivity contribution in [3.63, 3.8) is 0 Å². The first-order chi connectivity index (χ1) is 14.6. The number of sulfonamides is 1. The average Bonchev–Trinajstić information content (AvgIpc) is 3.46. The van der Waals surface area contributed by atoms with Crippen LogP contribution in [0.2, 0.25) is 0 Å². The fourth-order valence-corrected chi connectivity index (χ4v) is 5.20. The van der Waals surface area contributed by atoms with Crippen LogP contribution in [0.5, 0.6) is 0 Å². The van der Waals surface area contributed by atoms with Gasteiger partial charge in [0.1, 0.15) is 6.04 Å². The third-order valence-corrected chi connectivity index (χ3v) is 8.10. The van der Waals surface area contributed by atoms with Crippen molar-refractivity contribution in [2.75, 3.05) is 6.54 Å². The number of allylic oxidation sites excluding steroid dienone is 2. The largest absolute Gasteiger partial charge is 0.368 e. The van der Waals surface area contributed by atoms with Gasteiger partial charge >= 0.3 is 0 Å². The van der Waals surface area contributed by atoms with E-state index in [-0.39, 0.29) is 11.8 Å². The minimum absolute atomic E-state index is 0.0194. The molecule has 1 saturated carbocycles. The lowest BCUT2D eigenvalue weighted by atomic mass is 9.94. The van der Waals surface area contributed by atoms with E-state index in [4.69, 9.17) is 5.73 Å². The molecule has 1 aliphatic heterocycles. The highest BCUT2D eigenvalue weighted by Gasteiger charge is 2.37.